The maximum Gasteiger partial charge on any atom is 0.462 e. The van der Waals surface area contributed by atoms with Gasteiger partial charge in [-0.25, -0.2) is 0 Å². The minimum absolute atomic E-state index is 0.0741. The van der Waals surface area contributed by atoms with Crippen LogP contribution < -0.4 is 0 Å². The molecule has 0 aromatic heterocycles. The van der Waals surface area contributed by atoms with Crippen molar-refractivity contribution in [2.45, 2.75) is 18.6 Å². The average molecular weight is 115 g/mol. The third-order valence-corrected chi connectivity index (χ3v) is 1.06. The van der Waals surface area contributed by atoms with Crippen LogP contribution in [0, 0.1) is 12.3 Å². The van der Waals surface area contributed by atoms with Crippen LogP contribution in [0.25, 0.3) is 0 Å². The monoisotopic (exact) mass is 115 g/mol. The summed E-state index contributed by atoms with van der Waals surface area (Å²) < 4.78 is 9.84. The molecule has 7 heavy (non-hydrogen) atoms. The van der Waals surface area contributed by atoms with E-state index in [1.807, 2.05) is 6.92 Å². The minimum Gasteiger partial charge on any atom is -0.120 e. The summed E-state index contributed by atoms with van der Waals surface area (Å²) in [4.78, 5) is 0. The van der Waals surface area contributed by atoms with Crippen molar-refractivity contribution in [2.75, 3.05) is 0 Å². The van der Waals surface area contributed by atoms with Crippen molar-refractivity contribution in [3.05, 3.63) is 0 Å². The molecule has 0 aliphatic heterocycles. The number of hydrogen-bond acceptors (Lipinski definition) is 1. The van der Waals surface area contributed by atoms with Gasteiger partial charge in [-0.2, -0.15) is 0 Å². The van der Waals surface area contributed by atoms with Crippen molar-refractivity contribution in [2.24, 2.45) is 0 Å². The zero-order valence-electron chi connectivity index (χ0n) is 4.18. The Morgan fingerprint density at radius 1 is 2.00 bits per heavy atom. The van der Waals surface area contributed by atoms with Crippen LogP contribution in [-0.4, -0.2) is 5.25 Å². The van der Waals surface area contributed by atoms with E-state index in [0.717, 1.165) is 0 Å². The third kappa shape index (κ3) is 3.41. The van der Waals surface area contributed by atoms with E-state index in [0.29, 0.717) is 18.1 Å². The molecule has 1 atom stereocenters. The molecular formula is C5H7OS+. The van der Waals surface area contributed by atoms with Crippen LogP contribution >= 0.6 is 0 Å². The highest BCUT2D eigenvalue weighted by Gasteiger charge is 2.10. The summed E-state index contributed by atoms with van der Waals surface area (Å²) >= 11 is 0.557. The Kier molecular flexibility index (Phi) is 3.53. The molecule has 0 saturated carbocycles. The Morgan fingerprint density at radius 2 is 2.57 bits per heavy atom. The summed E-state index contributed by atoms with van der Waals surface area (Å²) in [6, 6.07) is 0. The summed E-state index contributed by atoms with van der Waals surface area (Å²) in [7, 11) is 0. The molecule has 0 spiro atoms. The SMILES string of the molecule is C#CCC(C)[S+]=O. The van der Waals surface area contributed by atoms with Crippen molar-refractivity contribution in [3.8, 4) is 12.3 Å². The highest BCUT2D eigenvalue weighted by molar-refractivity contribution is 7.66. The Labute approximate surface area is 47.6 Å². The standard InChI is InChI=1S/C5H7OS/c1-3-4-5(2)7-6/h1,5H,4H2,2H3/q+1. The molecule has 38 valence electrons. The number of terminal acetylenes is 1. The number of hydrogen-bond donors (Lipinski definition) is 0. The van der Waals surface area contributed by atoms with Gasteiger partial charge in [0.1, 0.15) is 0 Å². The van der Waals surface area contributed by atoms with Crippen molar-refractivity contribution < 1.29 is 4.21 Å². The van der Waals surface area contributed by atoms with Gasteiger partial charge in [-0.1, -0.05) is 0 Å². The molecule has 0 radical (unpaired) electrons. The smallest absolute Gasteiger partial charge is 0.120 e. The largest absolute Gasteiger partial charge is 0.462 e. The van der Waals surface area contributed by atoms with Gasteiger partial charge in [-0.15, -0.1) is 12.3 Å². The second-order valence-corrected chi connectivity index (χ2v) is 2.31. The molecule has 0 aliphatic carbocycles. The fraction of sp³-hybridized carbons (Fsp3) is 0.600. The van der Waals surface area contributed by atoms with Crippen LogP contribution in [0.15, 0.2) is 0 Å². The Morgan fingerprint density at radius 3 is 2.71 bits per heavy atom. The zero-order chi connectivity index (χ0) is 5.70. The fourth-order valence-electron chi connectivity index (χ4n) is 0.200. The van der Waals surface area contributed by atoms with Gasteiger partial charge in [-0.05, 0) is 6.92 Å². The predicted octanol–water partition coefficient (Wildman–Crippen LogP) is 0.826. The first kappa shape index (κ1) is 6.58. The molecule has 1 unspecified atom stereocenters. The van der Waals surface area contributed by atoms with Gasteiger partial charge in [0.15, 0.2) is 0 Å². The lowest BCUT2D eigenvalue weighted by molar-refractivity contribution is 0.599. The maximum atomic E-state index is 9.84. The molecule has 0 saturated heterocycles. The van der Waals surface area contributed by atoms with Crippen molar-refractivity contribution in [3.63, 3.8) is 0 Å². The van der Waals surface area contributed by atoms with Crippen molar-refractivity contribution >= 4 is 11.7 Å². The summed E-state index contributed by atoms with van der Waals surface area (Å²) in [5.74, 6) is 2.40. The molecule has 0 aliphatic rings. The van der Waals surface area contributed by atoms with E-state index >= 15 is 0 Å². The molecular weight excluding hydrogens is 108 g/mol. The van der Waals surface area contributed by atoms with E-state index in [-0.39, 0.29) is 5.25 Å². The van der Waals surface area contributed by atoms with Crippen LogP contribution in [0.4, 0.5) is 0 Å². The van der Waals surface area contributed by atoms with Gasteiger partial charge >= 0.3 is 11.7 Å². The molecule has 0 aromatic carbocycles. The molecule has 0 rings (SSSR count). The second kappa shape index (κ2) is 3.76. The van der Waals surface area contributed by atoms with Gasteiger partial charge in [0.2, 0.25) is 5.25 Å². The van der Waals surface area contributed by atoms with Crippen molar-refractivity contribution in [1.82, 2.24) is 0 Å². The van der Waals surface area contributed by atoms with Crippen LogP contribution in [0.1, 0.15) is 13.3 Å². The van der Waals surface area contributed by atoms with E-state index < -0.39 is 0 Å². The van der Waals surface area contributed by atoms with E-state index in [1.165, 1.54) is 0 Å². The van der Waals surface area contributed by atoms with Gasteiger partial charge < -0.3 is 0 Å². The molecule has 0 heterocycles. The van der Waals surface area contributed by atoms with Gasteiger partial charge in [-0.3, -0.25) is 0 Å². The lowest BCUT2D eigenvalue weighted by Crippen LogP contribution is -1.94. The maximum absolute atomic E-state index is 9.84. The highest BCUT2D eigenvalue weighted by atomic mass is 32.1. The number of rotatable bonds is 2. The summed E-state index contributed by atoms with van der Waals surface area (Å²) in [5.41, 5.74) is 0. The topological polar surface area (TPSA) is 17.1 Å². The minimum atomic E-state index is 0.0741. The third-order valence-electron chi connectivity index (χ3n) is 0.570. The molecule has 0 bridgehead atoms. The first-order chi connectivity index (χ1) is 3.31. The van der Waals surface area contributed by atoms with Crippen molar-refractivity contribution in [1.29, 1.82) is 0 Å². The Balaban J connectivity index is 3.21. The normalized spacial score (nSPS) is 12.0. The van der Waals surface area contributed by atoms with Gasteiger partial charge in [0.05, 0.1) is 6.42 Å². The molecule has 0 N–H and O–H groups in total. The van der Waals surface area contributed by atoms with Gasteiger partial charge in [0.25, 0.3) is 0 Å². The lowest BCUT2D eigenvalue weighted by Gasteiger charge is -1.74. The van der Waals surface area contributed by atoms with Crippen LogP contribution in [0.5, 0.6) is 0 Å². The first-order valence-electron chi connectivity index (χ1n) is 2.03. The first-order valence-corrected chi connectivity index (χ1v) is 2.83. The van der Waals surface area contributed by atoms with E-state index in [1.54, 1.807) is 0 Å². The summed E-state index contributed by atoms with van der Waals surface area (Å²) in [6.45, 7) is 1.82. The quantitative estimate of drug-likeness (QED) is 0.385. The molecule has 2 heteroatoms. The summed E-state index contributed by atoms with van der Waals surface area (Å²) in [6.07, 6.45) is 5.48. The highest BCUT2D eigenvalue weighted by Crippen LogP contribution is 1.87. The Hall–Kier alpha value is -0.420. The summed E-state index contributed by atoms with van der Waals surface area (Å²) in [5, 5.41) is 0.0741. The molecule has 0 aromatic rings. The molecule has 1 nitrogen and oxygen atoms in total. The second-order valence-electron chi connectivity index (χ2n) is 1.32. The lowest BCUT2D eigenvalue weighted by atomic mass is 10.3. The van der Waals surface area contributed by atoms with Crippen LogP contribution in [0.2, 0.25) is 0 Å². The van der Waals surface area contributed by atoms with Crippen LogP contribution in [-0.2, 0) is 15.9 Å². The zero-order valence-corrected chi connectivity index (χ0v) is 4.99. The molecule has 0 amide bonds. The van der Waals surface area contributed by atoms with Gasteiger partial charge in [0, 0.05) is 4.21 Å². The van der Waals surface area contributed by atoms with E-state index in [2.05, 4.69) is 5.92 Å². The van der Waals surface area contributed by atoms with E-state index in [4.69, 9.17) is 6.42 Å². The fourth-order valence-corrected chi connectivity index (χ4v) is 0.364. The van der Waals surface area contributed by atoms with Crippen LogP contribution in [0.3, 0.4) is 0 Å². The van der Waals surface area contributed by atoms with E-state index in [9.17, 15) is 4.21 Å². The average Bonchev–Trinajstić information content (AvgIpc) is 1.68. The predicted molar refractivity (Wildman–Crippen MR) is 31.0 cm³/mol. The Bertz CT molecular complexity index is 92.7. The molecule has 0 fully saturated rings.